The summed E-state index contributed by atoms with van der Waals surface area (Å²) in [4.78, 5) is 35.5. The zero-order chi connectivity index (χ0) is 70.0. The second-order valence-electron chi connectivity index (χ2n) is 26.9. The molecule has 0 rings (SSSR count). The summed E-state index contributed by atoms with van der Waals surface area (Å²) in [7, 11) is -4.40. The van der Waals surface area contributed by atoms with E-state index in [9.17, 15) is 19.0 Å². The first-order valence-electron chi connectivity index (χ1n) is 40.7. The van der Waals surface area contributed by atoms with E-state index in [1.807, 2.05) is 0 Å². The fourth-order valence-electron chi connectivity index (χ4n) is 11.5. The SMILES string of the molecule is CC/C=C\C/C=C\C/C=C\C/C=C\C/C=C\C/C=C\C/C=C\C/C=C\C/C=C\CCCCCCCCCCCCCCCC(=O)OC(COC(=O)CCCCCCCCCCCCCCCCCCCCCCCCC/C=C\C/C=C\CCCCCCC)COP(=O)(O)OCCN. The van der Waals surface area contributed by atoms with Crippen LogP contribution in [0.2, 0.25) is 0 Å². The number of unbranched alkanes of at least 4 members (excludes halogenated alkanes) is 41. The van der Waals surface area contributed by atoms with Crippen molar-refractivity contribution < 1.29 is 37.6 Å². The fraction of sp³-hybridized carbons (Fsp3) is 0.724. The molecule has 0 saturated carbocycles. The van der Waals surface area contributed by atoms with Crippen molar-refractivity contribution >= 4 is 19.8 Å². The lowest BCUT2D eigenvalue weighted by molar-refractivity contribution is -0.161. The number of nitrogens with two attached hydrogens (primary N) is 1. The highest BCUT2D eigenvalue weighted by Gasteiger charge is 2.26. The molecule has 0 aliphatic heterocycles. The molecule has 3 N–H and O–H groups in total. The summed E-state index contributed by atoms with van der Waals surface area (Å²) in [6, 6.07) is 0. The summed E-state index contributed by atoms with van der Waals surface area (Å²) < 4.78 is 33.3. The maximum Gasteiger partial charge on any atom is 0.472 e. The van der Waals surface area contributed by atoms with Gasteiger partial charge < -0.3 is 20.1 Å². The molecular weight excluding hydrogens is 1220 g/mol. The van der Waals surface area contributed by atoms with E-state index in [2.05, 4.69) is 148 Å². The number of rotatable bonds is 76. The number of carbonyl (C=O) groups excluding carboxylic acids is 2. The maximum absolute atomic E-state index is 12.8. The van der Waals surface area contributed by atoms with Gasteiger partial charge in [0, 0.05) is 19.4 Å². The predicted molar refractivity (Wildman–Crippen MR) is 422 cm³/mol. The Morgan fingerprint density at radius 1 is 0.320 bits per heavy atom. The first-order valence-corrected chi connectivity index (χ1v) is 42.2. The number of carbonyl (C=O) groups is 2. The van der Waals surface area contributed by atoms with Gasteiger partial charge >= 0.3 is 19.8 Å². The number of esters is 2. The molecule has 0 fully saturated rings. The van der Waals surface area contributed by atoms with Gasteiger partial charge in [-0.15, -0.1) is 0 Å². The normalized spacial score (nSPS) is 13.6. The molecule has 0 aromatic rings. The third-order valence-corrected chi connectivity index (χ3v) is 18.5. The third-order valence-electron chi connectivity index (χ3n) is 17.5. The Kier molecular flexibility index (Phi) is 77.9. The van der Waals surface area contributed by atoms with Gasteiger partial charge in [0.1, 0.15) is 6.61 Å². The molecular formula is C87H152NO8P. The standard InChI is InChI=1S/C87H152NO8P/c1-3-5-7-9-11-13-15-17-19-21-23-25-27-29-31-33-35-37-39-40-41-42-43-44-46-48-50-52-54-56-58-60-62-64-66-68-70-72-74-76-78-80-87(90)96-85(84-95-97(91,92)94-82-81-88)83-93-86(89)79-77-75-73-71-69-67-65-63-61-59-57-55-53-51-49-47-45-38-36-34-32-30-28-26-24-22-20-18-16-14-12-10-8-6-4-2/h5,7,11,13,16-19,22-25,29,31,35,37,40-41,43-44,48,50,85H,3-4,6,8-10,12,14-15,20-21,26-28,30,32-34,36,38-39,42,45-47,49,51-84,88H2,1-2H3,(H,91,92)/b7-5-,13-11-,18-16-,19-17-,24-22-,25-23-,31-29-,37-35-,41-40-,44-43-,50-48-. The van der Waals surface area contributed by atoms with Crippen LogP contribution in [0, 0.1) is 0 Å². The minimum absolute atomic E-state index is 0.0503. The Hall–Kier alpha value is -3.85. The Morgan fingerprint density at radius 3 is 0.845 bits per heavy atom. The van der Waals surface area contributed by atoms with E-state index in [-0.39, 0.29) is 38.6 Å². The lowest BCUT2D eigenvalue weighted by atomic mass is 10.0. The highest BCUT2D eigenvalue weighted by Crippen LogP contribution is 2.43. The third kappa shape index (κ3) is 81.0. The highest BCUT2D eigenvalue weighted by molar-refractivity contribution is 7.47. The Bertz CT molecular complexity index is 2060. The van der Waals surface area contributed by atoms with Crippen LogP contribution in [-0.4, -0.2) is 49.3 Å². The van der Waals surface area contributed by atoms with Crippen molar-refractivity contribution in [3.8, 4) is 0 Å². The zero-order valence-corrected chi connectivity index (χ0v) is 63.9. The highest BCUT2D eigenvalue weighted by atomic mass is 31.2. The number of phosphoric ester groups is 1. The molecule has 97 heavy (non-hydrogen) atoms. The predicted octanol–water partition coefficient (Wildman–Crippen LogP) is 27.5. The van der Waals surface area contributed by atoms with Crippen molar-refractivity contribution in [2.45, 2.75) is 380 Å². The van der Waals surface area contributed by atoms with Crippen molar-refractivity contribution in [1.82, 2.24) is 0 Å². The van der Waals surface area contributed by atoms with Gasteiger partial charge in [0.25, 0.3) is 0 Å². The molecule has 0 aliphatic rings. The summed E-state index contributed by atoms with van der Waals surface area (Å²) in [5.41, 5.74) is 5.42. The topological polar surface area (TPSA) is 134 Å². The largest absolute Gasteiger partial charge is 0.472 e. The Morgan fingerprint density at radius 2 is 0.567 bits per heavy atom. The van der Waals surface area contributed by atoms with Crippen molar-refractivity contribution in [1.29, 1.82) is 0 Å². The fourth-order valence-corrected chi connectivity index (χ4v) is 12.3. The lowest BCUT2D eigenvalue weighted by Crippen LogP contribution is -2.29. The summed E-state index contributed by atoms with van der Waals surface area (Å²) in [5.74, 6) is -0.818. The van der Waals surface area contributed by atoms with E-state index in [0.29, 0.717) is 6.42 Å². The van der Waals surface area contributed by atoms with Gasteiger partial charge in [0.15, 0.2) is 6.10 Å². The first kappa shape index (κ1) is 93.2. The molecule has 0 amide bonds. The number of phosphoric acid groups is 1. The molecule has 0 heterocycles. The van der Waals surface area contributed by atoms with Gasteiger partial charge in [-0.1, -0.05) is 379 Å². The van der Waals surface area contributed by atoms with E-state index in [4.69, 9.17) is 24.3 Å². The van der Waals surface area contributed by atoms with Crippen LogP contribution in [0.3, 0.4) is 0 Å². The number of allylic oxidation sites excluding steroid dienone is 22. The van der Waals surface area contributed by atoms with Crippen LogP contribution in [0.4, 0.5) is 0 Å². The van der Waals surface area contributed by atoms with Gasteiger partial charge in [-0.3, -0.25) is 18.6 Å². The Balaban J connectivity index is 3.83. The summed E-state index contributed by atoms with van der Waals surface area (Å²) in [6.07, 6.45) is 116. The van der Waals surface area contributed by atoms with E-state index in [0.717, 1.165) is 103 Å². The average Bonchev–Trinajstić information content (AvgIpc) is 2.57. The number of ether oxygens (including phenoxy) is 2. The van der Waals surface area contributed by atoms with Gasteiger partial charge in [-0.2, -0.15) is 0 Å². The molecule has 0 radical (unpaired) electrons. The minimum Gasteiger partial charge on any atom is -0.462 e. The maximum atomic E-state index is 12.8. The summed E-state index contributed by atoms with van der Waals surface area (Å²) in [5, 5.41) is 0. The number of hydrogen-bond acceptors (Lipinski definition) is 8. The van der Waals surface area contributed by atoms with Crippen molar-refractivity contribution in [2.75, 3.05) is 26.4 Å². The molecule has 0 aliphatic carbocycles. The van der Waals surface area contributed by atoms with Gasteiger partial charge in [0.05, 0.1) is 13.2 Å². The van der Waals surface area contributed by atoms with E-state index < -0.39 is 26.5 Å². The van der Waals surface area contributed by atoms with Gasteiger partial charge in [-0.25, -0.2) is 4.57 Å². The van der Waals surface area contributed by atoms with Crippen molar-refractivity contribution in [2.24, 2.45) is 5.73 Å². The molecule has 10 heteroatoms. The van der Waals surface area contributed by atoms with Crippen LogP contribution < -0.4 is 5.73 Å². The molecule has 0 spiro atoms. The van der Waals surface area contributed by atoms with Crippen LogP contribution in [0.1, 0.15) is 373 Å². The van der Waals surface area contributed by atoms with E-state index in [1.54, 1.807) is 0 Å². The molecule has 9 nitrogen and oxygen atoms in total. The zero-order valence-electron chi connectivity index (χ0n) is 63.0. The van der Waals surface area contributed by atoms with Gasteiger partial charge in [-0.05, 0) is 116 Å². The number of hydrogen-bond donors (Lipinski definition) is 2. The molecule has 0 saturated heterocycles. The average molecular weight is 1370 g/mol. The monoisotopic (exact) mass is 1370 g/mol. The minimum atomic E-state index is -4.40. The van der Waals surface area contributed by atoms with Crippen LogP contribution in [0.25, 0.3) is 0 Å². The van der Waals surface area contributed by atoms with Crippen molar-refractivity contribution in [3.63, 3.8) is 0 Å². The lowest BCUT2D eigenvalue weighted by Gasteiger charge is -2.19. The van der Waals surface area contributed by atoms with E-state index >= 15 is 0 Å². The van der Waals surface area contributed by atoms with Crippen LogP contribution in [0.5, 0.6) is 0 Å². The van der Waals surface area contributed by atoms with Gasteiger partial charge in [0.2, 0.25) is 0 Å². The van der Waals surface area contributed by atoms with E-state index in [1.165, 1.54) is 238 Å². The smallest absolute Gasteiger partial charge is 0.462 e. The van der Waals surface area contributed by atoms with Crippen molar-refractivity contribution in [3.05, 3.63) is 134 Å². The second-order valence-corrected chi connectivity index (χ2v) is 28.4. The molecule has 0 bridgehead atoms. The molecule has 0 aromatic heterocycles. The second kappa shape index (κ2) is 81.1. The van der Waals surface area contributed by atoms with Crippen LogP contribution in [0.15, 0.2) is 134 Å². The van der Waals surface area contributed by atoms with Crippen LogP contribution in [-0.2, 0) is 32.7 Å². The molecule has 2 unspecified atom stereocenters. The first-order chi connectivity index (χ1) is 47.8. The quantitative estimate of drug-likeness (QED) is 0.0264. The molecule has 2 atom stereocenters. The molecule has 0 aromatic carbocycles. The summed E-state index contributed by atoms with van der Waals surface area (Å²) in [6.45, 7) is 3.66. The Labute approximate surface area is 599 Å². The summed E-state index contributed by atoms with van der Waals surface area (Å²) >= 11 is 0. The molecule has 558 valence electrons. The van der Waals surface area contributed by atoms with Crippen LogP contribution >= 0.6 is 7.82 Å².